The molecule has 4 amide bonds. The second-order valence-corrected chi connectivity index (χ2v) is 14.7. The van der Waals surface area contributed by atoms with Crippen LogP contribution in [0.1, 0.15) is 56.6 Å². The van der Waals surface area contributed by atoms with Gasteiger partial charge in [-0.1, -0.05) is 66.2 Å². The van der Waals surface area contributed by atoms with Crippen molar-refractivity contribution in [3.8, 4) is 11.5 Å². The van der Waals surface area contributed by atoms with Gasteiger partial charge >= 0.3 is 0 Å². The minimum Gasteiger partial charge on any atom is -0.504 e. The Labute approximate surface area is 292 Å². The first-order valence-corrected chi connectivity index (χ1v) is 17.9. The van der Waals surface area contributed by atoms with Gasteiger partial charge in [-0.25, -0.2) is 4.90 Å². The Morgan fingerprint density at radius 2 is 1.56 bits per heavy atom. The molecule has 8 rings (SSSR count). The number of likely N-dealkylation sites (tertiary alicyclic amines) is 2. The molecule has 0 spiro atoms. The molecule has 3 saturated heterocycles. The van der Waals surface area contributed by atoms with Crippen molar-refractivity contribution in [2.45, 2.75) is 58.0 Å². The Bertz CT molecular complexity index is 1870. The van der Waals surface area contributed by atoms with E-state index in [0.29, 0.717) is 30.9 Å². The summed E-state index contributed by atoms with van der Waals surface area (Å²) in [6, 6.07) is 24.3. The Balaban J connectivity index is 1.13. The average molecular weight is 674 g/mol. The maximum atomic E-state index is 14.6. The van der Waals surface area contributed by atoms with Crippen LogP contribution in [0.2, 0.25) is 0 Å². The molecule has 9 heteroatoms. The van der Waals surface area contributed by atoms with Crippen LogP contribution in [0.3, 0.4) is 0 Å². The van der Waals surface area contributed by atoms with Gasteiger partial charge in [0, 0.05) is 31.6 Å². The molecule has 0 bridgehead atoms. The van der Waals surface area contributed by atoms with Crippen LogP contribution in [-0.2, 0) is 25.7 Å². The number of allylic oxidation sites excluding steroid dienone is 2. The lowest BCUT2D eigenvalue weighted by molar-refractivity contribution is -0.144. The molecule has 9 nitrogen and oxygen atoms in total. The SMILES string of the molecule is CCOc1cc([C@H]2C3=CC[C@@H]4C(=O)N(C5CCN(Cc6ccccc6)CC5)C(=O)[C@@H]4[C@@H]3C[C@H]3C(=O)N(c4ccccc4)C(=O)[C@@]23C)ccc1O. The van der Waals surface area contributed by atoms with Crippen molar-refractivity contribution in [3.05, 3.63) is 102 Å². The van der Waals surface area contributed by atoms with Crippen LogP contribution in [0.15, 0.2) is 90.5 Å². The molecular formula is C41H43N3O6. The van der Waals surface area contributed by atoms with E-state index >= 15 is 0 Å². The van der Waals surface area contributed by atoms with Crippen LogP contribution >= 0.6 is 0 Å². The summed E-state index contributed by atoms with van der Waals surface area (Å²) in [5.41, 5.74) is 2.28. The highest BCUT2D eigenvalue weighted by Crippen LogP contribution is 2.64. The predicted octanol–water partition coefficient (Wildman–Crippen LogP) is 5.69. The third-order valence-electron chi connectivity index (χ3n) is 12.1. The summed E-state index contributed by atoms with van der Waals surface area (Å²) < 4.78 is 5.77. The molecule has 3 aromatic carbocycles. The number of hydrogen-bond donors (Lipinski definition) is 1. The van der Waals surface area contributed by atoms with Crippen LogP contribution in [0, 0.1) is 29.1 Å². The zero-order valence-electron chi connectivity index (χ0n) is 28.5. The highest BCUT2D eigenvalue weighted by Gasteiger charge is 2.67. The van der Waals surface area contributed by atoms with Gasteiger partial charge in [-0.2, -0.15) is 0 Å². The fraction of sp³-hybridized carbons (Fsp3) is 0.415. The van der Waals surface area contributed by atoms with Gasteiger partial charge < -0.3 is 9.84 Å². The number of carbonyl (C=O) groups is 4. The van der Waals surface area contributed by atoms with Gasteiger partial charge in [-0.05, 0) is 80.8 Å². The molecule has 6 atom stereocenters. The number of hydrogen-bond acceptors (Lipinski definition) is 7. The van der Waals surface area contributed by atoms with Crippen LogP contribution in [0.25, 0.3) is 0 Å². The number of anilines is 1. The lowest BCUT2D eigenvalue weighted by Crippen LogP contribution is -2.49. The number of amides is 4. The third kappa shape index (κ3) is 5.00. The maximum Gasteiger partial charge on any atom is 0.241 e. The number of nitrogens with zero attached hydrogens (tertiary/aromatic N) is 3. The predicted molar refractivity (Wildman–Crippen MR) is 187 cm³/mol. The third-order valence-corrected chi connectivity index (χ3v) is 12.1. The number of para-hydroxylation sites is 1. The van der Waals surface area contributed by atoms with Gasteiger partial charge in [0.15, 0.2) is 11.5 Å². The molecule has 2 aliphatic carbocycles. The van der Waals surface area contributed by atoms with Crippen molar-refractivity contribution in [1.82, 2.24) is 9.80 Å². The fourth-order valence-corrected chi connectivity index (χ4v) is 9.76. The number of piperidine rings is 1. The van der Waals surface area contributed by atoms with Gasteiger partial charge in [0.1, 0.15) is 0 Å². The van der Waals surface area contributed by atoms with Crippen LogP contribution in [0.4, 0.5) is 5.69 Å². The molecule has 0 radical (unpaired) electrons. The van der Waals surface area contributed by atoms with Crippen molar-refractivity contribution >= 4 is 29.3 Å². The summed E-state index contributed by atoms with van der Waals surface area (Å²) in [6.45, 7) is 6.49. The second kappa shape index (κ2) is 12.5. The number of fused-ring (bicyclic) bond motifs is 4. The zero-order valence-corrected chi connectivity index (χ0v) is 28.5. The molecule has 0 unspecified atom stereocenters. The maximum absolute atomic E-state index is 14.6. The minimum absolute atomic E-state index is 0.0101. The summed E-state index contributed by atoms with van der Waals surface area (Å²) in [4.78, 5) is 63.0. The quantitative estimate of drug-likeness (QED) is 0.254. The molecule has 3 aliphatic heterocycles. The van der Waals surface area contributed by atoms with E-state index in [1.54, 1.807) is 35.2 Å². The van der Waals surface area contributed by atoms with E-state index in [1.165, 1.54) is 10.5 Å². The topological polar surface area (TPSA) is 107 Å². The van der Waals surface area contributed by atoms with Crippen molar-refractivity contribution < 1.29 is 29.0 Å². The van der Waals surface area contributed by atoms with E-state index in [2.05, 4.69) is 23.1 Å². The van der Waals surface area contributed by atoms with Crippen LogP contribution < -0.4 is 9.64 Å². The van der Waals surface area contributed by atoms with Crippen molar-refractivity contribution in [1.29, 1.82) is 0 Å². The molecule has 5 aliphatic rings. The first-order valence-electron chi connectivity index (χ1n) is 17.9. The number of phenolic OH excluding ortho intramolecular Hbond substituents is 1. The number of carbonyl (C=O) groups excluding carboxylic acids is 4. The summed E-state index contributed by atoms with van der Waals surface area (Å²) in [5, 5.41) is 10.6. The highest BCUT2D eigenvalue weighted by atomic mass is 16.5. The first-order chi connectivity index (χ1) is 24.2. The number of benzene rings is 3. The van der Waals surface area contributed by atoms with Crippen molar-refractivity contribution in [2.24, 2.45) is 29.1 Å². The van der Waals surface area contributed by atoms with Gasteiger partial charge in [-0.3, -0.25) is 29.0 Å². The number of ether oxygens (including phenoxy) is 1. The van der Waals surface area contributed by atoms with Crippen molar-refractivity contribution in [2.75, 3.05) is 24.6 Å². The molecule has 3 heterocycles. The first kappa shape index (κ1) is 32.4. The van der Waals surface area contributed by atoms with Gasteiger partial charge in [0.2, 0.25) is 23.6 Å². The number of imide groups is 2. The van der Waals surface area contributed by atoms with E-state index < -0.39 is 29.1 Å². The number of phenols is 1. The molecule has 258 valence electrons. The van der Waals surface area contributed by atoms with Gasteiger partial charge in [0.25, 0.3) is 0 Å². The fourth-order valence-electron chi connectivity index (χ4n) is 9.76. The van der Waals surface area contributed by atoms with Gasteiger partial charge in [-0.15, -0.1) is 0 Å². The van der Waals surface area contributed by atoms with E-state index in [1.807, 2.05) is 50.2 Å². The van der Waals surface area contributed by atoms with E-state index in [9.17, 15) is 24.3 Å². The average Bonchev–Trinajstić information content (AvgIpc) is 3.50. The lowest BCUT2D eigenvalue weighted by atomic mass is 9.51. The van der Waals surface area contributed by atoms with E-state index in [4.69, 9.17) is 4.74 Å². The Morgan fingerprint density at radius 1 is 0.860 bits per heavy atom. The van der Waals surface area contributed by atoms with E-state index in [-0.39, 0.29) is 41.3 Å². The smallest absolute Gasteiger partial charge is 0.241 e. The molecule has 50 heavy (non-hydrogen) atoms. The minimum atomic E-state index is -1.15. The number of rotatable bonds is 7. The highest BCUT2D eigenvalue weighted by molar-refractivity contribution is 6.24. The number of aromatic hydroxyl groups is 1. The normalized spacial score (nSPS) is 29.9. The Kier molecular flexibility index (Phi) is 8.13. The van der Waals surface area contributed by atoms with Gasteiger partial charge in [0.05, 0.1) is 35.5 Å². The zero-order chi connectivity index (χ0) is 34.7. The lowest BCUT2D eigenvalue weighted by Gasteiger charge is -2.49. The largest absolute Gasteiger partial charge is 0.504 e. The molecule has 1 N–H and O–H groups in total. The monoisotopic (exact) mass is 673 g/mol. The summed E-state index contributed by atoms with van der Waals surface area (Å²) in [6.07, 6.45) is 4.25. The molecule has 0 aromatic heterocycles. The second-order valence-electron chi connectivity index (χ2n) is 14.7. The summed E-state index contributed by atoms with van der Waals surface area (Å²) >= 11 is 0. The van der Waals surface area contributed by atoms with E-state index in [0.717, 1.165) is 43.6 Å². The molecule has 3 aromatic rings. The summed E-state index contributed by atoms with van der Waals surface area (Å²) in [7, 11) is 0. The van der Waals surface area contributed by atoms with Crippen LogP contribution in [-0.4, -0.2) is 64.3 Å². The van der Waals surface area contributed by atoms with Crippen molar-refractivity contribution in [3.63, 3.8) is 0 Å². The Morgan fingerprint density at radius 3 is 2.26 bits per heavy atom. The molecular weight excluding hydrogens is 630 g/mol. The standard InChI is InChI=1S/C41H43N3O6/c1-3-50-34-22-26(14-17-33(34)45)36-29-15-16-30-35(31(29)23-32-38(47)44(40(49)41(32,36)2)27-12-8-5-9-13-27)39(48)43(37(30)46)28-18-20-42(21-19-28)24-25-10-6-4-7-11-25/h4-15,17,22,28,30-32,35-36,45H,3,16,18-21,23-24H2,1-2H3/t30-,31+,32-,35-,36-,41+/m0/s1. The molecule has 1 saturated carbocycles. The summed E-state index contributed by atoms with van der Waals surface area (Å²) in [5.74, 6) is -3.24. The van der Waals surface area contributed by atoms with Crippen LogP contribution in [0.5, 0.6) is 11.5 Å². The Hall–Kier alpha value is -4.76. The molecule has 4 fully saturated rings.